The van der Waals surface area contributed by atoms with Crippen LogP contribution in [0, 0.1) is 13.8 Å². The topological polar surface area (TPSA) is 3.24 Å². The van der Waals surface area contributed by atoms with Gasteiger partial charge in [-0.15, -0.1) is 0 Å². The van der Waals surface area contributed by atoms with Crippen molar-refractivity contribution in [2.45, 2.75) is 13.8 Å². The number of para-hydroxylation sites is 1. The fraction of sp³-hybridized carbons (Fsp3) is 0.176. The Morgan fingerprint density at radius 2 is 1.72 bits per heavy atom. The average Bonchev–Trinajstić information content (AvgIpc) is 2.43. The number of aryl methyl sites for hydroxylation is 1. The summed E-state index contributed by atoms with van der Waals surface area (Å²) in [5, 5.41) is 0. The molecule has 0 bridgehead atoms. The summed E-state index contributed by atoms with van der Waals surface area (Å²) in [6, 6.07) is 15.0. The summed E-state index contributed by atoms with van der Waals surface area (Å²) in [4.78, 5) is 2.39. The second-order valence-electron chi connectivity index (χ2n) is 4.79. The molecule has 1 heterocycles. The number of benzene rings is 2. The van der Waals surface area contributed by atoms with Crippen LogP contribution >= 0.6 is 0 Å². The van der Waals surface area contributed by atoms with E-state index < -0.39 is 0 Å². The fourth-order valence-corrected chi connectivity index (χ4v) is 2.53. The maximum atomic E-state index is 2.39. The first-order valence-corrected chi connectivity index (χ1v) is 6.37. The largest absolute Gasteiger partial charge is 0.337 e. The molecule has 0 aliphatic carbocycles. The molecule has 90 valence electrons. The highest BCUT2D eigenvalue weighted by molar-refractivity contribution is 5.80. The molecular weight excluding hydrogens is 218 g/mol. The number of fused-ring (bicyclic) bond motifs is 1. The van der Waals surface area contributed by atoms with Gasteiger partial charge >= 0.3 is 0 Å². The van der Waals surface area contributed by atoms with Crippen LogP contribution in [0.15, 0.2) is 48.5 Å². The van der Waals surface area contributed by atoms with Gasteiger partial charge in [0, 0.05) is 12.2 Å². The Hall–Kier alpha value is -2.02. The molecule has 1 heteroatoms. The van der Waals surface area contributed by atoms with Gasteiger partial charge in [0.25, 0.3) is 0 Å². The lowest BCUT2D eigenvalue weighted by atomic mass is 9.98. The molecule has 0 saturated carbocycles. The molecule has 1 aliphatic rings. The van der Waals surface area contributed by atoms with E-state index in [-0.39, 0.29) is 0 Å². The number of nitrogens with zero attached hydrogens (tertiary/aromatic N) is 1. The minimum Gasteiger partial charge on any atom is -0.337 e. The first kappa shape index (κ1) is 11.1. The van der Waals surface area contributed by atoms with Gasteiger partial charge in [-0.3, -0.25) is 0 Å². The predicted octanol–water partition coefficient (Wildman–Crippen LogP) is 4.47. The van der Waals surface area contributed by atoms with E-state index in [2.05, 4.69) is 73.4 Å². The van der Waals surface area contributed by atoms with Crippen molar-refractivity contribution >= 4 is 17.5 Å². The monoisotopic (exact) mass is 235 g/mol. The third-order valence-corrected chi connectivity index (χ3v) is 3.66. The Kier molecular flexibility index (Phi) is 2.67. The van der Waals surface area contributed by atoms with Gasteiger partial charge in [-0.2, -0.15) is 0 Å². The van der Waals surface area contributed by atoms with Crippen molar-refractivity contribution in [1.29, 1.82) is 0 Å². The molecule has 0 amide bonds. The number of hydrogen-bond donors (Lipinski definition) is 0. The normalized spacial score (nSPS) is 13.6. The quantitative estimate of drug-likeness (QED) is 0.705. The molecule has 0 radical (unpaired) electrons. The summed E-state index contributed by atoms with van der Waals surface area (Å²) in [7, 11) is 0. The number of rotatable bonds is 1. The van der Waals surface area contributed by atoms with Gasteiger partial charge in [-0.05, 0) is 42.7 Å². The van der Waals surface area contributed by atoms with Crippen LogP contribution in [0.1, 0.15) is 16.7 Å². The van der Waals surface area contributed by atoms with Crippen molar-refractivity contribution in [3.63, 3.8) is 0 Å². The Balaban J connectivity index is 2.18. The van der Waals surface area contributed by atoms with Gasteiger partial charge < -0.3 is 4.90 Å². The van der Waals surface area contributed by atoms with Crippen LogP contribution in [-0.4, -0.2) is 6.54 Å². The number of anilines is 2. The van der Waals surface area contributed by atoms with E-state index in [4.69, 9.17) is 0 Å². The Bertz CT molecular complexity index is 597. The summed E-state index contributed by atoms with van der Waals surface area (Å²) < 4.78 is 0. The van der Waals surface area contributed by atoms with Gasteiger partial charge in [0.05, 0.1) is 5.69 Å². The fourth-order valence-electron chi connectivity index (χ4n) is 2.53. The third-order valence-electron chi connectivity index (χ3n) is 3.66. The summed E-state index contributed by atoms with van der Waals surface area (Å²) >= 11 is 0. The zero-order valence-corrected chi connectivity index (χ0v) is 10.9. The maximum absolute atomic E-state index is 2.39. The van der Waals surface area contributed by atoms with Crippen molar-refractivity contribution in [2.24, 2.45) is 0 Å². The lowest BCUT2D eigenvalue weighted by molar-refractivity contribution is 1.06. The molecule has 1 aliphatic heterocycles. The van der Waals surface area contributed by atoms with Gasteiger partial charge in [0.2, 0.25) is 0 Å². The summed E-state index contributed by atoms with van der Waals surface area (Å²) in [5.41, 5.74) is 6.65. The first-order valence-electron chi connectivity index (χ1n) is 6.37. The van der Waals surface area contributed by atoms with Gasteiger partial charge in [0.15, 0.2) is 0 Å². The summed E-state index contributed by atoms with van der Waals surface area (Å²) in [6.45, 7) is 5.34. The molecule has 0 atom stereocenters. The van der Waals surface area contributed by atoms with E-state index in [1.54, 1.807) is 0 Å². The molecule has 2 aromatic carbocycles. The van der Waals surface area contributed by atoms with Crippen LogP contribution in [0.3, 0.4) is 0 Å². The molecule has 0 saturated heterocycles. The average molecular weight is 235 g/mol. The van der Waals surface area contributed by atoms with Gasteiger partial charge in [-0.25, -0.2) is 0 Å². The molecule has 1 nitrogen and oxygen atoms in total. The zero-order chi connectivity index (χ0) is 12.5. The van der Waals surface area contributed by atoms with E-state index in [9.17, 15) is 0 Å². The van der Waals surface area contributed by atoms with Crippen molar-refractivity contribution < 1.29 is 0 Å². The van der Waals surface area contributed by atoms with Crippen molar-refractivity contribution in [1.82, 2.24) is 0 Å². The van der Waals surface area contributed by atoms with Crippen LogP contribution in [0.5, 0.6) is 0 Å². The van der Waals surface area contributed by atoms with E-state index in [0.29, 0.717) is 0 Å². The van der Waals surface area contributed by atoms with E-state index in [1.165, 1.54) is 28.1 Å². The molecule has 0 fully saturated rings. The van der Waals surface area contributed by atoms with Crippen LogP contribution in [-0.2, 0) is 0 Å². The molecule has 0 spiro atoms. The Labute approximate surface area is 108 Å². The minimum atomic E-state index is 0.946. The lowest BCUT2D eigenvalue weighted by Gasteiger charge is -2.30. The smallest absolute Gasteiger partial charge is 0.0519 e. The van der Waals surface area contributed by atoms with Crippen LogP contribution in [0.2, 0.25) is 0 Å². The van der Waals surface area contributed by atoms with Crippen molar-refractivity contribution in [3.8, 4) is 0 Å². The van der Waals surface area contributed by atoms with E-state index >= 15 is 0 Å². The van der Waals surface area contributed by atoms with Gasteiger partial charge in [0.1, 0.15) is 0 Å². The first-order chi connectivity index (χ1) is 8.77. The molecule has 0 aromatic heterocycles. The van der Waals surface area contributed by atoms with Crippen LogP contribution in [0.25, 0.3) is 6.08 Å². The zero-order valence-electron chi connectivity index (χ0n) is 10.9. The lowest BCUT2D eigenvalue weighted by Crippen LogP contribution is -2.21. The second kappa shape index (κ2) is 4.34. The highest BCUT2D eigenvalue weighted by Crippen LogP contribution is 2.36. The SMILES string of the molecule is Cc1ccc2c(c1C)N(c1ccccc1)CC=C2. The Morgan fingerprint density at radius 3 is 2.50 bits per heavy atom. The summed E-state index contributed by atoms with van der Waals surface area (Å²) in [6.07, 6.45) is 4.45. The van der Waals surface area contributed by atoms with Gasteiger partial charge in [-0.1, -0.05) is 42.5 Å². The standard InChI is InChI=1S/C17H17N/c1-13-10-11-15-7-6-12-18(17(15)14(13)2)16-8-4-3-5-9-16/h3-11H,12H2,1-2H3. The maximum Gasteiger partial charge on any atom is 0.0519 e. The highest BCUT2D eigenvalue weighted by atomic mass is 15.1. The van der Waals surface area contributed by atoms with E-state index in [0.717, 1.165) is 6.54 Å². The molecule has 2 aromatic rings. The highest BCUT2D eigenvalue weighted by Gasteiger charge is 2.17. The van der Waals surface area contributed by atoms with Crippen molar-refractivity contribution in [3.05, 3.63) is 65.2 Å². The molecule has 0 unspecified atom stereocenters. The molecule has 18 heavy (non-hydrogen) atoms. The molecular formula is C17H17N. The summed E-state index contributed by atoms with van der Waals surface area (Å²) in [5.74, 6) is 0. The predicted molar refractivity (Wildman–Crippen MR) is 78.4 cm³/mol. The minimum absolute atomic E-state index is 0.946. The van der Waals surface area contributed by atoms with E-state index in [1.807, 2.05) is 0 Å². The molecule has 3 rings (SSSR count). The van der Waals surface area contributed by atoms with Crippen LogP contribution < -0.4 is 4.90 Å². The third kappa shape index (κ3) is 1.72. The van der Waals surface area contributed by atoms with Crippen molar-refractivity contribution in [2.75, 3.05) is 11.4 Å². The van der Waals surface area contributed by atoms with Crippen LogP contribution in [0.4, 0.5) is 11.4 Å². The number of hydrogen-bond acceptors (Lipinski definition) is 1. The Morgan fingerprint density at radius 1 is 0.944 bits per heavy atom. The second-order valence-corrected chi connectivity index (χ2v) is 4.79. The molecule has 0 N–H and O–H groups in total.